The third-order valence-corrected chi connectivity index (χ3v) is 3.59. The molecule has 8 heteroatoms. The van der Waals surface area contributed by atoms with Gasteiger partial charge in [0.1, 0.15) is 5.75 Å². The zero-order valence-corrected chi connectivity index (χ0v) is 15.5. The number of benzene rings is 2. The Balaban J connectivity index is 1.89. The second kappa shape index (κ2) is 9.86. The van der Waals surface area contributed by atoms with Crippen molar-refractivity contribution < 1.29 is 24.0 Å². The van der Waals surface area contributed by atoms with Gasteiger partial charge >= 0.3 is 5.97 Å². The minimum atomic E-state index is -1.07. The summed E-state index contributed by atoms with van der Waals surface area (Å²) in [5.74, 6) is -0.549. The first-order chi connectivity index (χ1) is 13.4. The van der Waals surface area contributed by atoms with Crippen LogP contribution in [0.25, 0.3) is 6.08 Å². The molecule has 0 radical (unpaired) electrons. The number of nitro groups is 1. The van der Waals surface area contributed by atoms with Gasteiger partial charge in [0, 0.05) is 23.9 Å². The summed E-state index contributed by atoms with van der Waals surface area (Å²) in [6.45, 7) is 3.87. The molecule has 8 nitrogen and oxygen atoms in total. The SMILES string of the molecule is CCOc1ccc(C=CC(=O)OC(C)C(=O)Nc2cccc([N+](=O)[O-])c2)cc1. The van der Waals surface area contributed by atoms with E-state index < -0.39 is 22.9 Å². The van der Waals surface area contributed by atoms with Crippen LogP contribution in [0.4, 0.5) is 11.4 Å². The van der Waals surface area contributed by atoms with Gasteiger partial charge in [-0.05, 0) is 43.7 Å². The van der Waals surface area contributed by atoms with Gasteiger partial charge in [0.2, 0.25) is 0 Å². The van der Waals surface area contributed by atoms with Gasteiger partial charge in [0.05, 0.1) is 11.5 Å². The Bertz CT molecular complexity index is 877. The number of nitrogens with one attached hydrogen (secondary N) is 1. The van der Waals surface area contributed by atoms with E-state index in [0.29, 0.717) is 6.61 Å². The standard InChI is InChI=1S/C20H20N2O6/c1-3-27-18-10-7-15(8-11-18)9-12-19(23)28-14(2)20(24)21-16-5-4-6-17(13-16)22(25)26/h4-14H,3H2,1-2H3,(H,21,24). The summed E-state index contributed by atoms with van der Waals surface area (Å²) >= 11 is 0. The number of carbonyl (C=O) groups is 2. The Morgan fingerprint density at radius 2 is 1.93 bits per heavy atom. The van der Waals surface area contributed by atoms with Crippen molar-refractivity contribution in [3.05, 3.63) is 70.3 Å². The van der Waals surface area contributed by atoms with Gasteiger partial charge in [-0.15, -0.1) is 0 Å². The number of carbonyl (C=O) groups excluding carboxylic acids is 2. The van der Waals surface area contributed by atoms with Crippen molar-refractivity contribution in [3.63, 3.8) is 0 Å². The van der Waals surface area contributed by atoms with E-state index in [9.17, 15) is 19.7 Å². The summed E-state index contributed by atoms with van der Waals surface area (Å²) in [5.41, 5.74) is 0.863. The van der Waals surface area contributed by atoms with E-state index in [4.69, 9.17) is 9.47 Å². The molecule has 146 valence electrons. The molecule has 1 unspecified atom stereocenters. The molecule has 2 aromatic carbocycles. The van der Waals surface area contributed by atoms with Crippen molar-refractivity contribution in [2.45, 2.75) is 20.0 Å². The summed E-state index contributed by atoms with van der Waals surface area (Å²) in [6.07, 6.45) is 1.70. The van der Waals surface area contributed by atoms with Gasteiger partial charge in [-0.25, -0.2) is 4.79 Å². The number of anilines is 1. The largest absolute Gasteiger partial charge is 0.494 e. The van der Waals surface area contributed by atoms with Crippen LogP contribution >= 0.6 is 0 Å². The van der Waals surface area contributed by atoms with Crippen LogP contribution in [-0.2, 0) is 14.3 Å². The highest BCUT2D eigenvalue weighted by Crippen LogP contribution is 2.17. The van der Waals surface area contributed by atoms with Gasteiger partial charge < -0.3 is 14.8 Å². The molecular formula is C20H20N2O6. The predicted molar refractivity (Wildman–Crippen MR) is 104 cm³/mol. The monoisotopic (exact) mass is 384 g/mol. The Morgan fingerprint density at radius 3 is 2.57 bits per heavy atom. The fourth-order valence-electron chi connectivity index (χ4n) is 2.21. The van der Waals surface area contributed by atoms with Crippen LogP contribution in [-0.4, -0.2) is 29.5 Å². The van der Waals surface area contributed by atoms with Gasteiger partial charge in [0.25, 0.3) is 11.6 Å². The minimum Gasteiger partial charge on any atom is -0.494 e. The van der Waals surface area contributed by atoms with Crippen molar-refractivity contribution in [3.8, 4) is 5.75 Å². The van der Waals surface area contributed by atoms with Crippen LogP contribution in [0.3, 0.4) is 0 Å². The zero-order chi connectivity index (χ0) is 20.5. The number of nitrogens with zero attached hydrogens (tertiary/aromatic N) is 1. The van der Waals surface area contributed by atoms with Crippen LogP contribution < -0.4 is 10.1 Å². The quantitative estimate of drug-likeness (QED) is 0.323. The number of hydrogen-bond acceptors (Lipinski definition) is 6. The highest BCUT2D eigenvalue weighted by atomic mass is 16.6. The normalized spacial score (nSPS) is 11.6. The number of rotatable bonds is 8. The van der Waals surface area contributed by atoms with Crippen molar-refractivity contribution in [2.75, 3.05) is 11.9 Å². The van der Waals surface area contributed by atoms with Crippen LogP contribution in [0, 0.1) is 10.1 Å². The molecule has 1 atom stereocenters. The number of amides is 1. The van der Waals surface area contributed by atoms with Crippen LogP contribution in [0.5, 0.6) is 5.75 Å². The second-order valence-corrected chi connectivity index (χ2v) is 5.71. The molecule has 0 saturated carbocycles. The molecule has 2 rings (SSSR count). The molecule has 0 fully saturated rings. The third-order valence-electron chi connectivity index (χ3n) is 3.59. The number of nitro benzene ring substituents is 1. The summed E-state index contributed by atoms with van der Waals surface area (Å²) in [7, 11) is 0. The van der Waals surface area contributed by atoms with Gasteiger partial charge in [-0.2, -0.15) is 0 Å². The topological polar surface area (TPSA) is 108 Å². The Labute approximate surface area is 161 Å². The molecule has 1 N–H and O–H groups in total. The van der Waals surface area contributed by atoms with E-state index in [1.807, 2.05) is 6.92 Å². The fourth-order valence-corrected chi connectivity index (χ4v) is 2.21. The lowest BCUT2D eigenvalue weighted by atomic mass is 10.2. The first-order valence-electron chi connectivity index (χ1n) is 8.56. The fraction of sp³-hybridized carbons (Fsp3) is 0.200. The van der Waals surface area contributed by atoms with E-state index in [0.717, 1.165) is 11.3 Å². The number of ether oxygens (including phenoxy) is 2. The van der Waals surface area contributed by atoms with Crippen molar-refractivity contribution in [2.24, 2.45) is 0 Å². The lowest BCUT2D eigenvalue weighted by Crippen LogP contribution is -2.29. The number of hydrogen-bond donors (Lipinski definition) is 1. The highest BCUT2D eigenvalue weighted by molar-refractivity contribution is 5.96. The zero-order valence-electron chi connectivity index (χ0n) is 15.5. The molecule has 0 aliphatic carbocycles. The van der Waals surface area contributed by atoms with Crippen molar-refractivity contribution in [1.29, 1.82) is 0 Å². The molecule has 0 bridgehead atoms. The van der Waals surface area contributed by atoms with E-state index >= 15 is 0 Å². The van der Waals surface area contributed by atoms with E-state index in [1.165, 1.54) is 37.3 Å². The average Bonchev–Trinajstić information content (AvgIpc) is 2.67. The lowest BCUT2D eigenvalue weighted by molar-refractivity contribution is -0.384. The third kappa shape index (κ3) is 6.24. The summed E-state index contributed by atoms with van der Waals surface area (Å²) in [6, 6.07) is 12.6. The van der Waals surface area contributed by atoms with E-state index in [-0.39, 0.29) is 11.4 Å². The molecule has 0 aromatic heterocycles. The molecule has 0 spiro atoms. The number of esters is 1. The average molecular weight is 384 g/mol. The maximum atomic E-state index is 12.1. The van der Waals surface area contributed by atoms with Crippen LogP contribution in [0.15, 0.2) is 54.6 Å². The Hall–Kier alpha value is -3.68. The van der Waals surface area contributed by atoms with Gasteiger partial charge in [-0.1, -0.05) is 18.2 Å². The van der Waals surface area contributed by atoms with Crippen molar-refractivity contribution >= 4 is 29.3 Å². The smallest absolute Gasteiger partial charge is 0.331 e. The first-order valence-corrected chi connectivity index (χ1v) is 8.56. The lowest BCUT2D eigenvalue weighted by Gasteiger charge is -2.12. The molecule has 0 aliphatic heterocycles. The molecular weight excluding hydrogens is 364 g/mol. The highest BCUT2D eigenvalue weighted by Gasteiger charge is 2.17. The first kappa shape index (κ1) is 20.6. The molecule has 2 aromatic rings. The molecule has 0 heterocycles. The van der Waals surface area contributed by atoms with Crippen LogP contribution in [0.2, 0.25) is 0 Å². The Morgan fingerprint density at radius 1 is 1.21 bits per heavy atom. The maximum Gasteiger partial charge on any atom is 0.331 e. The second-order valence-electron chi connectivity index (χ2n) is 5.71. The van der Waals surface area contributed by atoms with E-state index in [1.54, 1.807) is 30.3 Å². The Kier molecular flexibility index (Phi) is 7.27. The van der Waals surface area contributed by atoms with Crippen molar-refractivity contribution in [1.82, 2.24) is 0 Å². The summed E-state index contributed by atoms with van der Waals surface area (Å²) < 4.78 is 10.4. The van der Waals surface area contributed by atoms with Gasteiger partial charge in [0.15, 0.2) is 6.10 Å². The number of non-ortho nitro benzene ring substituents is 1. The molecule has 1 amide bonds. The molecule has 0 aliphatic rings. The molecule has 0 saturated heterocycles. The predicted octanol–water partition coefficient (Wildman–Crippen LogP) is 3.58. The summed E-state index contributed by atoms with van der Waals surface area (Å²) in [4.78, 5) is 34.2. The van der Waals surface area contributed by atoms with Gasteiger partial charge in [-0.3, -0.25) is 14.9 Å². The van der Waals surface area contributed by atoms with Crippen LogP contribution in [0.1, 0.15) is 19.4 Å². The van der Waals surface area contributed by atoms with E-state index in [2.05, 4.69) is 5.32 Å². The maximum absolute atomic E-state index is 12.1. The minimum absolute atomic E-state index is 0.152. The molecule has 28 heavy (non-hydrogen) atoms. The summed E-state index contributed by atoms with van der Waals surface area (Å²) in [5, 5.41) is 13.2.